The van der Waals surface area contributed by atoms with Crippen molar-refractivity contribution in [3.63, 3.8) is 0 Å². The van der Waals surface area contributed by atoms with Crippen LogP contribution >= 0.6 is 11.5 Å². The molecular formula is C13H24N4O2S2. The first-order valence-corrected chi connectivity index (χ1v) is 9.57. The van der Waals surface area contributed by atoms with Crippen molar-refractivity contribution in [1.82, 2.24) is 9.27 Å². The third-order valence-corrected chi connectivity index (χ3v) is 6.70. The quantitative estimate of drug-likeness (QED) is 0.902. The van der Waals surface area contributed by atoms with Crippen molar-refractivity contribution in [2.24, 2.45) is 0 Å². The van der Waals surface area contributed by atoms with Crippen molar-refractivity contribution in [2.75, 3.05) is 42.6 Å². The van der Waals surface area contributed by atoms with E-state index in [-0.39, 0.29) is 22.0 Å². The van der Waals surface area contributed by atoms with Gasteiger partial charge in [-0.15, -0.1) is 0 Å². The van der Waals surface area contributed by atoms with Crippen LogP contribution in [0.4, 0.5) is 10.8 Å². The smallest absolute Gasteiger partial charge is 0.184 e. The molecule has 21 heavy (non-hydrogen) atoms. The van der Waals surface area contributed by atoms with Gasteiger partial charge in [0.2, 0.25) is 0 Å². The van der Waals surface area contributed by atoms with Crippen molar-refractivity contribution < 1.29 is 8.42 Å². The molecule has 1 aromatic rings. The SMILES string of the molecule is CCS(=O)(=O)c1c(N)nsc1N1CCN(C(C)(C)C)CC1. The summed E-state index contributed by atoms with van der Waals surface area (Å²) in [5.41, 5.74) is 5.93. The summed E-state index contributed by atoms with van der Waals surface area (Å²) >= 11 is 1.19. The maximum absolute atomic E-state index is 12.2. The molecule has 2 rings (SSSR count). The van der Waals surface area contributed by atoms with E-state index in [1.54, 1.807) is 6.92 Å². The molecule has 0 radical (unpaired) electrons. The number of rotatable bonds is 3. The molecule has 2 heterocycles. The largest absolute Gasteiger partial charge is 0.382 e. The highest BCUT2D eigenvalue weighted by atomic mass is 32.2. The lowest BCUT2D eigenvalue weighted by Crippen LogP contribution is -2.53. The van der Waals surface area contributed by atoms with E-state index >= 15 is 0 Å². The van der Waals surface area contributed by atoms with E-state index in [1.165, 1.54) is 11.5 Å². The fraction of sp³-hybridized carbons (Fsp3) is 0.769. The van der Waals surface area contributed by atoms with Gasteiger partial charge in [-0.3, -0.25) is 4.90 Å². The summed E-state index contributed by atoms with van der Waals surface area (Å²) in [7, 11) is -3.34. The van der Waals surface area contributed by atoms with Gasteiger partial charge in [-0.1, -0.05) is 6.92 Å². The Hall–Kier alpha value is -0.860. The molecule has 0 bridgehead atoms. The van der Waals surface area contributed by atoms with Crippen LogP contribution in [-0.2, 0) is 9.84 Å². The van der Waals surface area contributed by atoms with Crippen molar-refractivity contribution in [3.8, 4) is 0 Å². The second kappa shape index (κ2) is 5.73. The van der Waals surface area contributed by atoms with Crippen molar-refractivity contribution in [1.29, 1.82) is 0 Å². The van der Waals surface area contributed by atoms with Gasteiger partial charge in [0.1, 0.15) is 9.90 Å². The minimum atomic E-state index is -3.34. The van der Waals surface area contributed by atoms with Gasteiger partial charge in [-0.25, -0.2) is 8.42 Å². The summed E-state index contributed by atoms with van der Waals surface area (Å²) in [6, 6.07) is 0. The number of sulfone groups is 1. The zero-order chi connectivity index (χ0) is 15.8. The highest BCUT2D eigenvalue weighted by Crippen LogP contribution is 2.36. The lowest BCUT2D eigenvalue weighted by atomic mass is 10.1. The first-order chi connectivity index (χ1) is 9.66. The van der Waals surface area contributed by atoms with Crippen LogP contribution in [0.5, 0.6) is 0 Å². The Morgan fingerprint density at radius 2 is 1.81 bits per heavy atom. The highest BCUT2D eigenvalue weighted by Gasteiger charge is 2.31. The fourth-order valence-corrected chi connectivity index (χ4v) is 4.86. The van der Waals surface area contributed by atoms with Gasteiger partial charge in [0, 0.05) is 31.7 Å². The Kier molecular flexibility index (Phi) is 4.51. The molecule has 6 nitrogen and oxygen atoms in total. The molecule has 1 aliphatic rings. The molecule has 1 aliphatic heterocycles. The molecule has 0 unspecified atom stereocenters. The summed E-state index contributed by atoms with van der Waals surface area (Å²) in [6.45, 7) is 11.6. The number of hydrogen-bond acceptors (Lipinski definition) is 7. The minimum Gasteiger partial charge on any atom is -0.382 e. The zero-order valence-corrected chi connectivity index (χ0v) is 14.7. The zero-order valence-electron chi connectivity index (χ0n) is 13.1. The average molecular weight is 332 g/mol. The van der Waals surface area contributed by atoms with E-state index in [1.807, 2.05) is 0 Å². The Morgan fingerprint density at radius 1 is 1.24 bits per heavy atom. The normalized spacial score (nSPS) is 18.2. The van der Waals surface area contributed by atoms with Gasteiger partial charge >= 0.3 is 0 Å². The predicted octanol–water partition coefficient (Wildman–Crippen LogP) is 1.44. The molecule has 0 amide bonds. The first-order valence-electron chi connectivity index (χ1n) is 7.14. The summed E-state index contributed by atoms with van der Waals surface area (Å²) in [5, 5.41) is 0.697. The van der Waals surface area contributed by atoms with Gasteiger partial charge < -0.3 is 10.6 Å². The van der Waals surface area contributed by atoms with E-state index < -0.39 is 9.84 Å². The summed E-state index contributed by atoms with van der Waals surface area (Å²) < 4.78 is 28.5. The van der Waals surface area contributed by atoms with Crippen molar-refractivity contribution in [3.05, 3.63) is 0 Å². The molecule has 1 saturated heterocycles. The fourth-order valence-electron chi connectivity index (χ4n) is 2.50. The minimum absolute atomic E-state index is 0.0462. The van der Waals surface area contributed by atoms with Crippen molar-refractivity contribution >= 4 is 32.2 Å². The second-order valence-electron chi connectivity index (χ2n) is 6.25. The molecule has 2 N–H and O–H groups in total. The highest BCUT2D eigenvalue weighted by molar-refractivity contribution is 7.91. The molecule has 0 atom stereocenters. The van der Waals surface area contributed by atoms with Crippen LogP contribution < -0.4 is 10.6 Å². The van der Waals surface area contributed by atoms with E-state index in [0.29, 0.717) is 5.00 Å². The van der Waals surface area contributed by atoms with E-state index in [9.17, 15) is 8.42 Å². The summed E-state index contributed by atoms with van der Waals surface area (Å²) in [6.07, 6.45) is 0. The van der Waals surface area contributed by atoms with Gasteiger partial charge in [0.05, 0.1) is 5.75 Å². The molecule has 1 fully saturated rings. The molecule has 0 spiro atoms. The number of nitrogen functional groups attached to an aromatic ring is 1. The molecule has 8 heteroatoms. The molecule has 0 aliphatic carbocycles. The first kappa shape index (κ1) is 16.5. The van der Waals surface area contributed by atoms with Crippen LogP contribution in [0.2, 0.25) is 0 Å². The number of anilines is 2. The van der Waals surface area contributed by atoms with Gasteiger partial charge in [0.25, 0.3) is 0 Å². The van der Waals surface area contributed by atoms with Crippen LogP contribution in [0.25, 0.3) is 0 Å². The summed E-state index contributed by atoms with van der Waals surface area (Å²) in [4.78, 5) is 4.72. The van der Waals surface area contributed by atoms with Gasteiger partial charge in [-0.2, -0.15) is 4.37 Å². The molecular weight excluding hydrogens is 308 g/mol. The monoisotopic (exact) mass is 332 g/mol. The Balaban J connectivity index is 2.23. The lowest BCUT2D eigenvalue weighted by Gasteiger charge is -2.42. The predicted molar refractivity (Wildman–Crippen MR) is 87.8 cm³/mol. The number of nitrogens with zero attached hydrogens (tertiary/aromatic N) is 3. The van der Waals surface area contributed by atoms with Crippen molar-refractivity contribution in [2.45, 2.75) is 38.1 Å². The lowest BCUT2D eigenvalue weighted by molar-refractivity contribution is 0.128. The number of aromatic nitrogens is 1. The Bertz CT molecular complexity index is 596. The van der Waals surface area contributed by atoms with Crippen LogP contribution in [0.15, 0.2) is 4.90 Å². The average Bonchev–Trinajstić information content (AvgIpc) is 2.80. The number of piperazine rings is 1. The Labute approximate surface area is 131 Å². The van der Waals surface area contributed by atoms with E-state index in [2.05, 4.69) is 34.9 Å². The topological polar surface area (TPSA) is 79.5 Å². The molecule has 0 saturated carbocycles. The molecule has 120 valence electrons. The van der Waals surface area contributed by atoms with Crippen LogP contribution in [-0.4, -0.2) is 55.2 Å². The maximum Gasteiger partial charge on any atom is 0.184 e. The Morgan fingerprint density at radius 3 is 2.29 bits per heavy atom. The maximum atomic E-state index is 12.2. The van der Waals surface area contributed by atoms with Gasteiger partial charge in [0.15, 0.2) is 15.7 Å². The second-order valence-corrected chi connectivity index (χ2v) is 9.22. The van der Waals surface area contributed by atoms with Crippen LogP contribution in [0.1, 0.15) is 27.7 Å². The third-order valence-electron chi connectivity index (χ3n) is 3.86. The number of hydrogen-bond donors (Lipinski definition) is 1. The van der Waals surface area contributed by atoms with Gasteiger partial charge in [-0.05, 0) is 32.3 Å². The van der Waals surface area contributed by atoms with E-state index in [4.69, 9.17) is 5.73 Å². The molecule has 0 aromatic carbocycles. The van der Waals surface area contributed by atoms with Crippen LogP contribution in [0, 0.1) is 0 Å². The number of nitrogens with two attached hydrogens (primary N) is 1. The van der Waals surface area contributed by atoms with E-state index in [0.717, 1.165) is 26.2 Å². The third kappa shape index (κ3) is 3.32. The molecule has 1 aromatic heterocycles. The summed E-state index contributed by atoms with van der Waals surface area (Å²) in [5.74, 6) is 0.181. The standard InChI is InChI=1S/C13H24N4O2S2/c1-5-21(18,19)10-11(14)15-20-12(10)16-6-8-17(9-7-16)13(2,3)4/h5-9H2,1-4H3,(H2,14,15). The van der Waals surface area contributed by atoms with Crippen LogP contribution in [0.3, 0.4) is 0 Å².